The Balaban J connectivity index is 2.36. The number of rotatable bonds is 10. The van der Waals surface area contributed by atoms with Crippen molar-refractivity contribution in [1.29, 1.82) is 0 Å². The second-order valence-electron chi connectivity index (χ2n) is 5.55. The Bertz CT molecular complexity index is 488. The highest BCUT2D eigenvalue weighted by Crippen LogP contribution is 2.17. The van der Waals surface area contributed by atoms with Crippen LogP contribution >= 0.6 is 0 Å². The molecule has 4 nitrogen and oxygen atoms in total. The van der Waals surface area contributed by atoms with Crippen LogP contribution in [-0.2, 0) is 10.0 Å². The minimum atomic E-state index is -3.23. The molecule has 0 aliphatic rings. The molecule has 0 heterocycles. The second kappa shape index (κ2) is 9.18. The van der Waals surface area contributed by atoms with Crippen molar-refractivity contribution in [3.63, 3.8) is 0 Å². The number of benzene rings is 1. The summed E-state index contributed by atoms with van der Waals surface area (Å²) in [6.45, 7) is 7.76. The van der Waals surface area contributed by atoms with Crippen LogP contribution in [0.5, 0.6) is 0 Å². The van der Waals surface area contributed by atoms with Gasteiger partial charge in [-0.25, -0.2) is 13.1 Å². The van der Waals surface area contributed by atoms with Gasteiger partial charge in [-0.05, 0) is 37.8 Å². The normalized spacial score (nSPS) is 14.8. The van der Waals surface area contributed by atoms with E-state index in [1.807, 2.05) is 18.2 Å². The molecular formula is C16H28N2O2S. The first-order valence-corrected chi connectivity index (χ1v) is 9.26. The molecule has 0 fully saturated rings. The Labute approximate surface area is 129 Å². The van der Waals surface area contributed by atoms with E-state index in [4.69, 9.17) is 0 Å². The average Bonchev–Trinajstić information content (AvgIpc) is 2.48. The first-order valence-electron chi connectivity index (χ1n) is 7.71. The standard InChI is InChI=1S/C16H28N2O2S/c1-4-11-17-13-15(3)21(19,20)18-12-10-14(2)16-8-6-5-7-9-16/h5-9,14-15,17-18H,4,10-13H2,1-3H3. The fourth-order valence-corrected chi connectivity index (χ4v) is 3.12. The van der Waals surface area contributed by atoms with Gasteiger partial charge in [-0.1, -0.05) is 44.2 Å². The summed E-state index contributed by atoms with van der Waals surface area (Å²) in [7, 11) is -3.23. The van der Waals surface area contributed by atoms with Gasteiger partial charge in [0.1, 0.15) is 0 Å². The highest BCUT2D eigenvalue weighted by molar-refractivity contribution is 7.90. The zero-order chi connectivity index (χ0) is 15.7. The van der Waals surface area contributed by atoms with Gasteiger partial charge in [0.2, 0.25) is 10.0 Å². The maximum absolute atomic E-state index is 12.1. The predicted molar refractivity (Wildman–Crippen MR) is 89.0 cm³/mol. The molecule has 0 saturated heterocycles. The van der Waals surface area contributed by atoms with Crippen molar-refractivity contribution in [3.05, 3.63) is 35.9 Å². The van der Waals surface area contributed by atoms with Crippen molar-refractivity contribution < 1.29 is 8.42 Å². The summed E-state index contributed by atoms with van der Waals surface area (Å²) in [5.41, 5.74) is 1.24. The minimum absolute atomic E-state index is 0.349. The van der Waals surface area contributed by atoms with E-state index in [1.165, 1.54) is 5.56 Å². The van der Waals surface area contributed by atoms with E-state index in [2.05, 4.69) is 36.0 Å². The molecule has 120 valence electrons. The monoisotopic (exact) mass is 312 g/mol. The molecule has 5 heteroatoms. The second-order valence-corrected chi connectivity index (χ2v) is 7.74. The van der Waals surface area contributed by atoms with Crippen molar-refractivity contribution in [2.24, 2.45) is 0 Å². The van der Waals surface area contributed by atoms with Crippen LogP contribution in [0.25, 0.3) is 0 Å². The van der Waals surface area contributed by atoms with Crippen LogP contribution in [0.1, 0.15) is 45.1 Å². The van der Waals surface area contributed by atoms with E-state index in [0.29, 0.717) is 19.0 Å². The maximum atomic E-state index is 12.1. The number of hydrogen-bond donors (Lipinski definition) is 2. The quantitative estimate of drug-likeness (QED) is 0.653. The molecule has 1 rings (SSSR count). The summed E-state index contributed by atoms with van der Waals surface area (Å²) < 4.78 is 26.9. The van der Waals surface area contributed by atoms with Crippen LogP contribution < -0.4 is 10.0 Å². The van der Waals surface area contributed by atoms with Gasteiger partial charge in [-0.15, -0.1) is 0 Å². The van der Waals surface area contributed by atoms with Crippen LogP contribution in [0.2, 0.25) is 0 Å². The number of nitrogens with one attached hydrogen (secondary N) is 2. The van der Waals surface area contributed by atoms with Gasteiger partial charge in [0.15, 0.2) is 0 Å². The molecule has 0 aliphatic heterocycles. The fraction of sp³-hybridized carbons (Fsp3) is 0.625. The lowest BCUT2D eigenvalue weighted by molar-refractivity contribution is 0.550. The topological polar surface area (TPSA) is 58.2 Å². The fourth-order valence-electron chi connectivity index (χ4n) is 2.10. The molecule has 2 unspecified atom stereocenters. The first kappa shape index (κ1) is 18.1. The van der Waals surface area contributed by atoms with Crippen LogP contribution in [0.15, 0.2) is 30.3 Å². The predicted octanol–water partition coefficient (Wildman–Crippen LogP) is 2.49. The molecule has 0 radical (unpaired) electrons. The average molecular weight is 312 g/mol. The van der Waals surface area contributed by atoms with Crippen LogP contribution in [0, 0.1) is 0 Å². The van der Waals surface area contributed by atoms with E-state index < -0.39 is 15.3 Å². The molecule has 2 N–H and O–H groups in total. The SMILES string of the molecule is CCCNCC(C)S(=O)(=O)NCCC(C)c1ccccc1. The molecule has 1 aromatic rings. The summed E-state index contributed by atoms with van der Waals surface area (Å²) >= 11 is 0. The molecular weight excluding hydrogens is 284 g/mol. The van der Waals surface area contributed by atoms with Crippen molar-refractivity contribution in [1.82, 2.24) is 10.0 Å². The van der Waals surface area contributed by atoms with E-state index in [0.717, 1.165) is 19.4 Å². The zero-order valence-corrected chi connectivity index (χ0v) is 14.1. The van der Waals surface area contributed by atoms with Crippen LogP contribution in [0.4, 0.5) is 0 Å². The molecule has 0 aromatic heterocycles. The summed E-state index contributed by atoms with van der Waals surface area (Å²) in [5.74, 6) is 0.349. The number of hydrogen-bond acceptors (Lipinski definition) is 3. The van der Waals surface area contributed by atoms with Crippen molar-refractivity contribution in [2.75, 3.05) is 19.6 Å². The molecule has 0 aliphatic carbocycles. The molecule has 0 saturated carbocycles. The summed E-state index contributed by atoms with van der Waals surface area (Å²) in [4.78, 5) is 0. The Morgan fingerprint density at radius 1 is 1.10 bits per heavy atom. The van der Waals surface area contributed by atoms with Crippen LogP contribution in [-0.4, -0.2) is 33.3 Å². The lowest BCUT2D eigenvalue weighted by Gasteiger charge is -2.16. The highest BCUT2D eigenvalue weighted by Gasteiger charge is 2.19. The lowest BCUT2D eigenvalue weighted by Crippen LogP contribution is -2.39. The Kier molecular flexibility index (Phi) is 7.93. The Morgan fingerprint density at radius 2 is 1.76 bits per heavy atom. The maximum Gasteiger partial charge on any atom is 0.215 e. The van der Waals surface area contributed by atoms with Crippen LogP contribution in [0.3, 0.4) is 0 Å². The van der Waals surface area contributed by atoms with Gasteiger partial charge in [0.25, 0.3) is 0 Å². The van der Waals surface area contributed by atoms with Crippen molar-refractivity contribution >= 4 is 10.0 Å². The summed E-state index contributed by atoms with van der Waals surface area (Å²) in [5, 5.41) is 2.74. The van der Waals surface area contributed by atoms with Gasteiger partial charge < -0.3 is 5.32 Å². The lowest BCUT2D eigenvalue weighted by atomic mass is 9.98. The van der Waals surface area contributed by atoms with E-state index >= 15 is 0 Å². The summed E-state index contributed by atoms with van der Waals surface area (Å²) in [6, 6.07) is 10.2. The third-order valence-electron chi connectivity index (χ3n) is 3.64. The van der Waals surface area contributed by atoms with Gasteiger partial charge in [-0.3, -0.25) is 0 Å². The van der Waals surface area contributed by atoms with Crippen molar-refractivity contribution in [2.45, 2.75) is 44.8 Å². The molecule has 21 heavy (non-hydrogen) atoms. The highest BCUT2D eigenvalue weighted by atomic mass is 32.2. The van der Waals surface area contributed by atoms with Gasteiger partial charge in [0, 0.05) is 13.1 Å². The minimum Gasteiger partial charge on any atom is -0.315 e. The van der Waals surface area contributed by atoms with Gasteiger partial charge in [-0.2, -0.15) is 0 Å². The van der Waals surface area contributed by atoms with Gasteiger partial charge >= 0.3 is 0 Å². The largest absolute Gasteiger partial charge is 0.315 e. The molecule has 0 spiro atoms. The molecule has 0 bridgehead atoms. The number of sulfonamides is 1. The third-order valence-corrected chi connectivity index (χ3v) is 5.47. The molecule has 2 atom stereocenters. The third kappa shape index (κ3) is 6.59. The summed E-state index contributed by atoms with van der Waals surface area (Å²) in [6.07, 6.45) is 1.81. The van der Waals surface area contributed by atoms with E-state index in [9.17, 15) is 8.42 Å². The van der Waals surface area contributed by atoms with Gasteiger partial charge in [0.05, 0.1) is 5.25 Å². The zero-order valence-electron chi connectivity index (χ0n) is 13.3. The van der Waals surface area contributed by atoms with Crippen molar-refractivity contribution in [3.8, 4) is 0 Å². The smallest absolute Gasteiger partial charge is 0.215 e. The molecule has 1 aromatic carbocycles. The first-order chi connectivity index (χ1) is 9.97. The molecule has 0 amide bonds. The van der Waals surface area contributed by atoms with E-state index in [1.54, 1.807) is 6.92 Å². The van der Waals surface area contributed by atoms with E-state index in [-0.39, 0.29) is 0 Å². The Hall–Kier alpha value is -0.910. The Morgan fingerprint density at radius 3 is 2.38 bits per heavy atom.